The smallest absolute Gasteiger partial charge is 0.344 e. The van der Waals surface area contributed by atoms with E-state index in [0.29, 0.717) is 0 Å². The molecule has 4 bridgehead atoms. The van der Waals surface area contributed by atoms with Crippen molar-refractivity contribution in [2.45, 2.75) is 0 Å². The molecule has 0 atom stereocenters. The molecule has 0 radical (unpaired) electrons. The Hall–Kier alpha value is 0.470. The van der Waals surface area contributed by atoms with Crippen molar-refractivity contribution < 1.29 is 61.6 Å². The Morgan fingerprint density at radius 2 is 0.667 bits per heavy atom. The van der Waals surface area contributed by atoms with Crippen LogP contribution in [0, 0.1) is 0 Å². The van der Waals surface area contributed by atoms with Crippen LogP contribution in [-0.2, 0) is 54.5 Å². The van der Waals surface area contributed by atoms with E-state index in [4.69, 9.17) is 17.5 Å². The molecule has 0 spiro atoms. The average Bonchev–Trinajstić information content (AvgIpc) is 1.83. The average molecular weight is 416 g/mol. The second-order valence-electron chi connectivity index (χ2n) is 2.73. The zero-order valence-corrected chi connectivity index (χ0v) is 13.8. The van der Waals surface area contributed by atoms with E-state index in [9.17, 15) is 18.3 Å². The van der Waals surface area contributed by atoms with Crippen molar-refractivity contribution in [3.63, 3.8) is 0 Å². The second-order valence-corrected chi connectivity index (χ2v) is 11.1. The highest BCUT2D eigenvalue weighted by molar-refractivity contribution is 7.88. The standard InChI is InChI=1S/2H3N.O10P4.H2O4S/c;;1-11-5-12(2)8-13(3,6-11)10-14(4,7-11)9-12;1-5(2,3)4/h2*1H3;;(H2,1,2,3,4). The normalized spacial score (nSPS) is 46.6. The minimum absolute atomic E-state index is 0. The fraction of sp³-hybridized carbons (Fsp3) is 0. The van der Waals surface area contributed by atoms with Crippen molar-refractivity contribution in [3.05, 3.63) is 0 Å². The molecule has 0 aromatic carbocycles. The summed E-state index contributed by atoms with van der Waals surface area (Å²) in [7, 11) is -22.4. The summed E-state index contributed by atoms with van der Waals surface area (Å²) in [5.41, 5.74) is 0. The molecule has 4 rings (SSSR count). The summed E-state index contributed by atoms with van der Waals surface area (Å²) in [5.74, 6) is 0. The Morgan fingerprint density at radius 3 is 0.762 bits per heavy atom. The lowest BCUT2D eigenvalue weighted by atomic mass is 14.0. The molecule has 0 saturated carbocycles. The zero-order valence-electron chi connectivity index (χ0n) is 9.40. The van der Waals surface area contributed by atoms with Gasteiger partial charge in [-0.3, -0.25) is 9.11 Å². The lowest BCUT2D eigenvalue weighted by Gasteiger charge is -2.41. The molecule has 0 aromatic rings. The van der Waals surface area contributed by atoms with E-state index in [1.807, 2.05) is 0 Å². The van der Waals surface area contributed by atoms with Crippen molar-refractivity contribution in [1.29, 1.82) is 0 Å². The SMILES string of the molecule is N.N.O=P12OP3(=O)OP(=O)(O1)OP(=O)(O2)O3.O=S(=O)(O)O. The van der Waals surface area contributed by atoms with E-state index < -0.39 is 41.7 Å². The van der Waals surface area contributed by atoms with Crippen LogP contribution in [0.25, 0.3) is 0 Å². The van der Waals surface area contributed by atoms with Crippen LogP contribution in [0.1, 0.15) is 0 Å². The number of rotatable bonds is 0. The van der Waals surface area contributed by atoms with E-state index in [0.717, 1.165) is 0 Å². The summed E-state index contributed by atoms with van der Waals surface area (Å²) in [6.07, 6.45) is 0. The Labute approximate surface area is 116 Å². The van der Waals surface area contributed by atoms with Crippen molar-refractivity contribution >= 4 is 41.7 Å². The van der Waals surface area contributed by atoms with E-state index in [1.54, 1.807) is 0 Å². The van der Waals surface area contributed by atoms with E-state index in [2.05, 4.69) is 25.9 Å². The van der Waals surface area contributed by atoms with E-state index in [1.165, 1.54) is 0 Å². The Bertz CT molecular complexity index is 542. The fourth-order valence-electron chi connectivity index (χ4n) is 0.914. The van der Waals surface area contributed by atoms with Crippen LogP contribution in [0.4, 0.5) is 0 Å². The molecular weight excluding hydrogens is 408 g/mol. The molecular formula is H8N2O14P4S. The number of hydrogen-bond acceptors (Lipinski definition) is 14. The van der Waals surface area contributed by atoms with Gasteiger partial charge in [-0.1, -0.05) is 0 Å². The van der Waals surface area contributed by atoms with Gasteiger partial charge in [-0.25, -0.2) is 18.3 Å². The molecule has 0 aromatic heterocycles. The highest BCUT2D eigenvalue weighted by Crippen LogP contribution is 2.99. The van der Waals surface area contributed by atoms with Gasteiger partial charge in [0.25, 0.3) is 0 Å². The van der Waals surface area contributed by atoms with Gasteiger partial charge < -0.3 is 12.3 Å². The molecule has 4 saturated heterocycles. The highest BCUT2D eigenvalue weighted by Gasteiger charge is 2.74. The molecule has 4 fully saturated rings. The maximum atomic E-state index is 11.3. The van der Waals surface area contributed by atoms with Crippen molar-refractivity contribution in [2.24, 2.45) is 0 Å². The maximum Gasteiger partial charge on any atom is 0.501 e. The minimum atomic E-state index is -4.67. The van der Waals surface area contributed by atoms with Gasteiger partial charge in [-0.05, 0) is 0 Å². The Kier molecular flexibility index (Phi) is 5.96. The highest BCUT2D eigenvalue weighted by atomic mass is 32.3. The predicted molar refractivity (Wildman–Crippen MR) is 61.2 cm³/mol. The first-order valence-electron chi connectivity index (χ1n) is 3.62. The molecule has 0 unspecified atom stereocenters. The molecule has 8 N–H and O–H groups in total. The maximum absolute atomic E-state index is 11.3. The van der Waals surface area contributed by atoms with Crippen LogP contribution >= 0.6 is 31.3 Å². The third-order valence-electron chi connectivity index (χ3n) is 1.20. The largest absolute Gasteiger partial charge is 0.501 e. The molecule has 21 heavy (non-hydrogen) atoms. The van der Waals surface area contributed by atoms with Crippen LogP contribution < -0.4 is 12.3 Å². The summed E-state index contributed by atoms with van der Waals surface area (Å²) >= 11 is 0. The molecule has 4 heterocycles. The van der Waals surface area contributed by atoms with Gasteiger partial charge in [-0.2, -0.15) is 34.3 Å². The third-order valence-corrected chi connectivity index (χ3v) is 10.8. The summed E-state index contributed by atoms with van der Waals surface area (Å²) in [6.45, 7) is 0. The summed E-state index contributed by atoms with van der Waals surface area (Å²) in [5, 5.41) is 0. The van der Waals surface area contributed by atoms with Crippen LogP contribution in [0.3, 0.4) is 0 Å². The van der Waals surface area contributed by atoms with Gasteiger partial charge >= 0.3 is 41.7 Å². The number of hydrogen-bond donors (Lipinski definition) is 4. The van der Waals surface area contributed by atoms with Crippen LogP contribution in [0.2, 0.25) is 0 Å². The van der Waals surface area contributed by atoms with E-state index >= 15 is 0 Å². The van der Waals surface area contributed by atoms with Crippen LogP contribution in [0.15, 0.2) is 0 Å². The van der Waals surface area contributed by atoms with Gasteiger partial charge in [0, 0.05) is 0 Å². The molecule has 0 aliphatic carbocycles. The van der Waals surface area contributed by atoms with Crippen molar-refractivity contribution in [1.82, 2.24) is 12.3 Å². The summed E-state index contributed by atoms with van der Waals surface area (Å²) in [4.78, 5) is 0. The lowest BCUT2D eigenvalue weighted by molar-refractivity contribution is 0.0909. The first-order valence-corrected chi connectivity index (χ1v) is 10.9. The van der Waals surface area contributed by atoms with Gasteiger partial charge in [-0.15, -0.1) is 0 Å². The van der Waals surface area contributed by atoms with Gasteiger partial charge in [0.15, 0.2) is 0 Å². The quantitative estimate of drug-likeness (QED) is 0.325. The van der Waals surface area contributed by atoms with Gasteiger partial charge in [0.2, 0.25) is 0 Å². The number of phosphoric acid groups is 4. The molecule has 4 aliphatic rings. The fourth-order valence-corrected chi connectivity index (χ4v) is 11.4. The third kappa shape index (κ3) is 5.25. The van der Waals surface area contributed by atoms with Gasteiger partial charge in [0.1, 0.15) is 0 Å². The van der Waals surface area contributed by atoms with Gasteiger partial charge in [0.05, 0.1) is 0 Å². The molecule has 4 aliphatic heterocycles. The molecule has 128 valence electrons. The summed E-state index contributed by atoms with van der Waals surface area (Å²) < 4.78 is 102. The molecule has 0 amide bonds. The molecule has 21 heteroatoms. The van der Waals surface area contributed by atoms with Crippen LogP contribution in [0.5, 0.6) is 0 Å². The second kappa shape index (κ2) is 5.83. The summed E-state index contributed by atoms with van der Waals surface area (Å²) in [6, 6.07) is 0. The Balaban J connectivity index is 0.000000507. The van der Waals surface area contributed by atoms with Crippen molar-refractivity contribution in [3.8, 4) is 0 Å². The first-order chi connectivity index (χ1) is 8.24. The van der Waals surface area contributed by atoms with Crippen LogP contribution in [-0.4, -0.2) is 17.5 Å². The first kappa shape index (κ1) is 21.5. The zero-order chi connectivity index (χ0) is 14.7. The van der Waals surface area contributed by atoms with E-state index in [-0.39, 0.29) is 12.3 Å². The minimum Gasteiger partial charge on any atom is -0.344 e. The van der Waals surface area contributed by atoms with Crippen molar-refractivity contribution in [2.75, 3.05) is 0 Å². The monoisotopic (exact) mass is 416 g/mol. The predicted octanol–water partition coefficient (Wildman–Crippen LogP) is 2.23. The Morgan fingerprint density at radius 1 is 0.571 bits per heavy atom. The topological polar surface area (TPSA) is 268 Å². The lowest BCUT2D eigenvalue weighted by Crippen LogP contribution is -2.19. The molecule has 16 nitrogen and oxygen atoms in total.